The molecule has 0 saturated heterocycles. The molecule has 3 rings (SSSR count). The fraction of sp³-hybridized carbons (Fsp3) is 0.438. The van der Waals surface area contributed by atoms with Crippen LogP contribution in [0.5, 0.6) is 0 Å². The maximum absolute atomic E-state index is 4.70. The van der Waals surface area contributed by atoms with Crippen molar-refractivity contribution in [2.75, 3.05) is 13.6 Å². The first-order valence-corrected chi connectivity index (χ1v) is 7.66. The molecule has 22 heavy (non-hydrogen) atoms. The number of nitrogens with zero attached hydrogens (tertiary/aromatic N) is 5. The Morgan fingerprint density at radius 1 is 1.32 bits per heavy atom. The van der Waals surface area contributed by atoms with Gasteiger partial charge in [0.1, 0.15) is 18.0 Å². The van der Waals surface area contributed by atoms with Gasteiger partial charge in [-0.25, -0.2) is 14.6 Å². The topological polar surface area (TPSA) is 62.6 Å². The van der Waals surface area contributed by atoms with E-state index >= 15 is 0 Å². The average Bonchev–Trinajstić information content (AvgIpc) is 3.12. The summed E-state index contributed by atoms with van der Waals surface area (Å²) in [6, 6.07) is 6.23. The molecule has 0 fully saturated rings. The molecule has 0 radical (unpaired) electrons. The van der Waals surface area contributed by atoms with Crippen LogP contribution in [0.2, 0.25) is 0 Å². The van der Waals surface area contributed by atoms with E-state index in [9.17, 15) is 0 Å². The molecule has 0 saturated carbocycles. The van der Waals surface area contributed by atoms with E-state index in [1.165, 1.54) is 5.56 Å². The number of fused-ring (bicyclic) bond motifs is 1. The summed E-state index contributed by atoms with van der Waals surface area (Å²) in [6.45, 7) is 6.75. The van der Waals surface area contributed by atoms with Crippen LogP contribution in [0.25, 0.3) is 11.0 Å². The fourth-order valence-corrected chi connectivity index (χ4v) is 2.64. The van der Waals surface area contributed by atoms with Crippen LogP contribution in [0.3, 0.4) is 0 Å². The molecule has 0 spiro atoms. The molecule has 2 aromatic heterocycles. The van der Waals surface area contributed by atoms with Gasteiger partial charge in [-0.3, -0.25) is 4.90 Å². The van der Waals surface area contributed by atoms with Gasteiger partial charge < -0.3 is 4.98 Å². The smallest absolute Gasteiger partial charge is 0.140 e. The molecule has 0 atom stereocenters. The van der Waals surface area contributed by atoms with E-state index < -0.39 is 0 Å². The Morgan fingerprint density at radius 3 is 2.95 bits per heavy atom. The van der Waals surface area contributed by atoms with E-state index in [4.69, 9.17) is 4.98 Å². The number of imidazole rings is 1. The Hall–Kier alpha value is -2.21. The molecule has 116 valence electrons. The molecule has 1 aromatic carbocycles. The van der Waals surface area contributed by atoms with Gasteiger partial charge in [-0.1, -0.05) is 12.1 Å². The van der Waals surface area contributed by atoms with Crippen LogP contribution in [-0.2, 0) is 19.5 Å². The fourth-order valence-electron chi connectivity index (χ4n) is 2.64. The second-order valence-corrected chi connectivity index (χ2v) is 5.63. The molecule has 0 amide bonds. The predicted molar refractivity (Wildman–Crippen MR) is 86.6 cm³/mol. The standard InChI is InChI=1S/C16H22N6/c1-4-22-15(17-11-18-22)10-21(3)9-8-14-19-13-7-5-6-12(2)16(13)20-14/h5-7,11H,4,8-10H2,1-3H3,(H,19,20). The number of rotatable bonds is 6. The van der Waals surface area contributed by atoms with Crippen molar-refractivity contribution in [3.05, 3.63) is 41.7 Å². The highest BCUT2D eigenvalue weighted by atomic mass is 15.3. The lowest BCUT2D eigenvalue weighted by Crippen LogP contribution is -2.23. The molecule has 1 N–H and O–H groups in total. The Labute approximate surface area is 130 Å². The number of likely N-dealkylation sites (N-methyl/N-ethyl adjacent to an activating group) is 1. The second-order valence-electron chi connectivity index (χ2n) is 5.63. The van der Waals surface area contributed by atoms with E-state index in [1.54, 1.807) is 6.33 Å². The van der Waals surface area contributed by atoms with Crippen molar-refractivity contribution < 1.29 is 0 Å². The third kappa shape index (κ3) is 3.01. The van der Waals surface area contributed by atoms with Crippen molar-refractivity contribution >= 4 is 11.0 Å². The molecule has 2 heterocycles. The van der Waals surface area contributed by atoms with Gasteiger partial charge in [-0.05, 0) is 32.5 Å². The van der Waals surface area contributed by atoms with Gasteiger partial charge in [0.2, 0.25) is 0 Å². The lowest BCUT2D eigenvalue weighted by molar-refractivity contribution is 0.313. The van der Waals surface area contributed by atoms with Gasteiger partial charge in [0.05, 0.1) is 17.6 Å². The molecule has 6 nitrogen and oxygen atoms in total. The number of para-hydroxylation sites is 1. The number of aryl methyl sites for hydroxylation is 2. The maximum atomic E-state index is 4.70. The average molecular weight is 298 g/mol. The number of nitrogens with one attached hydrogen (secondary N) is 1. The van der Waals surface area contributed by atoms with Crippen LogP contribution < -0.4 is 0 Å². The molecule has 0 unspecified atom stereocenters. The summed E-state index contributed by atoms with van der Waals surface area (Å²) >= 11 is 0. The van der Waals surface area contributed by atoms with Gasteiger partial charge in [-0.15, -0.1) is 0 Å². The van der Waals surface area contributed by atoms with Gasteiger partial charge in [-0.2, -0.15) is 5.10 Å². The maximum Gasteiger partial charge on any atom is 0.140 e. The van der Waals surface area contributed by atoms with Crippen molar-refractivity contribution in [1.82, 2.24) is 29.6 Å². The third-order valence-electron chi connectivity index (χ3n) is 3.90. The molecular weight excluding hydrogens is 276 g/mol. The second kappa shape index (κ2) is 6.27. The van der Waals surface area contributed by atoms with Crippen molar-refractivity contribution in [1.29, 1.82) is 0 Å². The number of benzene rings is 1. The molecular formula is C16H22N6. The van der Waals surface area contributed by atoms with Crippen LogP contribution in [-0.4, -0.2) is 43.2 Å². The summed E-state index contributed by atoms with van der Waals surface area (Å²) in [5, 5.41) is 4.20. The van der Waals surface area contributed by atoms with Gasteiger partial charge in [0.15, 0.2) is 0 Å². The molecule has 0 aliphatic heterocycles. The first kappa shape index (κ1) is 14.7. The van der Waals surface area contributed by atoms with Gasteiger partial charge >= 0.3 is 0 Å². The summed E-state index contributed by atoms with van der Waals surface area (Å²) < 4.78 is 1.93. The summed E-state index contributed by atoms with van der Waals surface area (Å²) in [5.74, 6) is 2.04. The van der Waals surface area contributed by atoms with Crippen LogP contribution in [0.1, 0.15) is 24.1 Å². The van der Waals surface area contributed by atoms with Gasteiger partial charge in [0.25, 0.3) is 0 Å². The molecule has 6 heteroatoms. The highest BCUT2D eigenvalue weighted by molar-refractivity contribution is 5.78. The highest BCUT2D eigenvalue weighted by Crippen LogP contribution is 2.15. The molecule has 0 aliphatic rings. The number of aromatic nitrogens is 5. The largest absolute Gasteiger partial charge is 0.342 e. The number of hydrogen-bond donors (Lipinski definition) is 1. The first-order valence-electron chi connectivity index (χ1n) is 7.66. The zero-order valence-corrected chi connectivity index (χ0v) is 13.4. The summed E-state index contributed by atoms with van der Waals surface area (Å²) in [6.07, 6.45) is 2.51. The van der Waals surface area contributed by atoms with Crippen LogP contribution in [0, 0.1) is 6.92 Å². The molecule has 0 aliphatic carbocycles. The molecule has 3 aromatic rings. The van der Waals surface area contributed by atoms with E-state index in [0.717, 1.165) is 48.7 Å². The molecule has 0 bridgehead atoms. The SMILES string of the molecule is CCn1ncnc1CN(C)CCc1nc2c(C)cccc2[nH]1. The summed E-state index contributed by atoms with van der Waals surface area (Å²) in [4.78, 5) is 14.7. The lowest BCUT2D eigenvalue weighted by atomic mass is 10.2. The van der Waals surface area contributed by atoms with Crippen LogP contribution >= 0.6 is 0 Å². The van der Waals surface area contributed by atoms with Crippen molar-refractivity contribution in [2.45, 2.75) is 33.4 Å². The predicted octanol–water partition coefficient (Wildman–Crippen LogP) is 2.16. The minimum Gasteiger partial charge on any atom is -0.342 e. The van der Waals surface area contributed by atoms with Crippen molar-refractivity contribution in [3.63, 3.8) is 0 Å². The summed E-state index contributed by atoms with van der Waals surface area (Å²) in [7, 11) is 2.10. The number of H-pyrrole nitrogens is 1. The van der Waals surface area contributed by atoms with Gasteiger partial charge in [0, 0.05) is 19.5 Å². The van der Waals surface area contributed by atoms with E-state index in [1.807, 2.05) is 4.68 Å². The third-order valence-corrected chi connectivity index (χ3v) is 3.90. The Balaban J connectivity index is 1.62. The Kier molecular flexibility index (Phi) is 4.20. The Morgan fingerprint density at radius 2 is 2.18 bits per heavy atom. The van der Waals surface area contributed by atoms with E-state index in [0.29, 0.717) is 0 Å². The van der Waals surface area contributed by atoms with Crippen molar-refractivity contribution in [2.24, 2.45) is 0 Å². The van der Waals surface area contributed by atoms with Crippen LogP contribution in [0.4, 0.5) is 0 Å². The minimum absolute atomic E-state index is 0.799. The van der Waals surface area contributed by atoms with Crippen LogP contribution in [0.15, 0.2) is 24.5 Å². The number of aromatic amines is 1. The van der Waals surface area contributed by atoms with E-state index in [2.05, 4.69) is 59.1 Å². The zero-order chi connectivity index (χ0) is 15.5. The lowest BCUT2D eigenvalue weighted by Gasteiger charge is -2.15. The Bertz CT molecular complexity index is 757. The highest BCUT2D eigenvalue weighted by Gasteiger charge is 2.09. The monoisotopic (exact) mass is 298 g/mol. The van der Waals surface area contributed by atoms with E-state index in [-0.39, 0.29) is 0 Å². The number of hydrogen-bond acceptors (Lipinski definition) is 4. The first-order chi connectivity index (χ1) is 10.7. The normalized spacial score (nSPS) is 11.6. The quantitative estimate of drug-likeness (QED) is 0.757. The summed E-state index contributed by atoms with van der Waals surface area (Å²) in [5.41, 5.74) is 3.40. The minimum atomic E-state index is 0.799. The zero-order valence-electron chi connectivity index (χ0n) is 13.4. The van der Waals surface area contributed by atoms with Crippen molar-refractivity contribution in [3.8, 4) is 0 Å².